The Morgan fingerprint density at radius 1 is 0.870 bits per heavy atom. The van der Waals surface area contributed by atoms with Gasteiger partial charge < -0.3 is 0 Å². The van der Waals surface area contributed by atoms with E-state index in [-0.39, 0.29) is 5.92 Å². The fraction of sp³-hybridized carbons (Fsp3) is 0.368. The quantitative estimate of drug-likeness (QED) is 0.834. The number of aryl methyl sites for hydroxylation is 1. The van der Waals surface area contributed by atoms with E-state index in [4.69, 9.17) is 0 Å². The van der Waals surface area contributed by atoms with Crippen molar-refractivity contribution in [2.75, 3.05) is 4.72 Å². The highest BCUT2D eigenvalue weighted by atomic mass is 32.2. The lowest BCUT2D eigenvalue weighted by Crippen LogP contribution is -2.15. The molecule has 0 amide bonds. The van der Waals surface area contributed by atoms with Crippen LogP contribution in [0.15, 0.2) is 47.4 Å². The van der Waals surface area contributed by atoms with Crippen molar-refractivity contribution in [3.63, 3.8) is 0 Å². The van der Waals surface area contributed by atoms with E-state index in [1.807, 2.05) is 37.3 Å². The van der Waals surface area contributed by atoms with Crippen LogP contribution in [0.5, 0.6) is 0 Å². The fourth-order valence-corrected chi connectivity index (χ4v) is 3.70. The van der Waals surface area contributed by atoms with Gasteiger partial charge in [0.1, 0.15) is 0 Å². The first kappa shape index (κ1) is 17.5. The number of nitrogens with one attached hydrogen (secondary N) is 1. The van der Waals surface area contributed by atoms with Crippen LogP contribution in [0.25, 0.3) is 0 Å². The van der Waals surface area contributed by atoms with Gasteiger partial charge in [-0.05, 0) is 47.6 Å². The zero-order chi connectivity index (χ0) is 17.2. The van der Waals surface area contributed by atoms with Crippen molar-refractivity contribution >= 4 is 15.7 Å². The maximum absolute atomic E-state index is 12.7. The predicted molar refractivity (Wildman–Crippen MR) is 96.6 cm³/mol. The van der Waals surface area contributed by atoms with Gasteiger partial charge in [0, 0.05) is 0 Å². The molecule has 0 saturated carbocycles. The number of para-hydroxylation sites is 1. The summed E-state index contributed by atoms with van der Waals surface area (Å²) in [6.45, 7) is 10.2. The van der Waals surface area contributed by atoms with Crippen molar-refractivity contribution in [2.45, 2.75) is 51.3 Å². The van der Waals surface area contributed by atoms with Gasteiger partial charge in [0.15, 0.2) is 0 Å². The molecule has 0 fully saturated rings. The van der Waals surface area contributed by atoms with Crippen LogP contribution in [0.4, 0.5) is 5.69 Å². The van der Waals surface area contributed by atoms with Gasteiger partial charge in [-0.3, -0.25) is 4.72 Å². The maximum atomic E-state index is 12.7. The minimum absolute atomic E-state index is 0.246. The molecule has 124 valence electrons. The van der Waals surface area contributed by atoms with Crippen LogP contribution in [0.3, 0.4) is 0 Å². The zero-order valence-electron chi connectivity index (χ0n) is 14.4. The molecule has 2 rings (SSSR count). The summed E-state index contributed by atoms with van der Waals surface area (Å²) in [6, 6.07) is 12.9. The Bertz CT molecular complexity index is 776. The second-order valence-corrected chi connectivity index (χ2v) is 8.21. The molecule has 2 aromatic rings. The van der Waals surface area contributed by atoms with E-state index < -0.39 is 10.0 Å². The fourth-order valence-electron chi connectivity index (χ4n) is 2.54. The minimum Gasteiger partial charge on any atom is -0.279 e. The van der Waals surface area contributed by atoms with E-state index in [2.05, 4.69) is 32.4 Å². The number of hydrogen-bond donors (Lipinski definition) is 1. The Kier molecular flexibility index (Phi) is 5.15. The third kappa shape index (κ3) is 3.94. The maximum Gasteiger partial charge on any atom is 0.261 e. The number of anilines is 1. The van der Waals surface area contributed by atoms with Crippen LogP contribution in [0.1, 0.15) is 56.2 Å². The van der Waals surface area contributed by atoms with Crippen molar-refractivity contribution < 1.29 is 8.42 Å². The lowest BCUT2D eigenvalue weighted by molar-refractivity contribution is 0.601. The molecule has 23 heavy (non-hydrogen) atoms. The highest BCUT2D eigenvalue weighted by Gasteiger charge is 2.18. The van der Waals surface area contributed by atoms with E-state index >= 15 is 0 Å². The van der Waals surface area contributed by atoms with Gasteiger partial charge in [-0.15, -0.1) is 0 Å². The molecular formula is C19H25NO2S. The van der Waals surface area contributed by atoms with E-state index in [1.165, 1.54) is 0 Å². The zero-order valence-corrected chi connectivity index (χ0v) is 15.2. The summed E-state index contributed by atoms with van der Waals surface area (Å²) in [7, 11) is -3.58. The summed E-state index contributed by atoms with van der Waals surface area (Å²) in [4.78, 5) is 0.292. The van der Waals surface area contributed by atoms with Crippen molar-refractivity contribution in [1.82, 2.24) is 0 Å². The highest BCUT2D eigenvalue weighted by Crippen LogP contribution is 2.29. The summed E-state index contributed by atoms with van der Waals surface area (Å²) in [5.74, 6) is 0.625. The van der Waals surface area contributed by atoms with Gasteiger partial charge in [-0.2, -0.15) is 0 Å². The van der Waals surface area contributed by atoms with Crippen molar-refractivity contribution in [2.24, 2.45) is 0 Å². The van der Waals surface area contributed by atoms with E-state index in [0.717, 1.165) is 16.7 Å². The minimum atomic E-state index is -3.58. The lowest BCUT2D eigenvalue weighted by Gasteiger charge is -2.17. The molecule has 4 heteroatoms. The Labute approximate surface area is 139 Å². The van der Waals surface area contributed by atoms with Crippen LogP contribution >= 0.6 is 0 Å². The first-order valence-corrected chi connectivity index (χ1v) is 9.43. The van der Waals surface area contributed by atoms with Crippen molar-refractivity contribution in [3.05, 3.63) is 59.2 Å². The van der Waals surface area contributed by atoms with Crippen LogP contribution in [0.2, 0.25) is 0 Å². The molecular weight excluding hydrogens is 306 g/mol. The molecule has 0 heterocycles. The monoisotopic (exact) mass is 331 g/mol. The first-order chi connectivity index (χ1) is 10.7. The first-order valence-electron chi connectivity index (χ1n) is 7.94. The molecule has 0 aliphatic rings. The molecule has 0 saturated heterocycles. The smallest absolute Gasteiger partial charge is 0.261 e. The Balaban J connectivity index is 2.39. The van der Waals surface area contributed by atoms with Crippen LogP contribution in [-0.2, 0) is 10.0 Å². The average molecular weight is 331 g/mol. The number of sulfonamides is 1. The summed E-state index contributed by atoms with van der Waals surface area (Å²) in [6.07, 6.45) is 0. The molecule has 0 radical (unpaired) electrons. The van der Waals surface area contributed by atoms with Crippen LogP contribution < -0.4 is 4.72 Å². The predicted octanol–water partition coefficient (Wildman–Crippen LogP) is 5.04. The summed E-state index contributed by atoms with van der Waals surface area (Å²) < 4.78 is 28.2. The Hall–Kier alpha value is -1.81. The van der Waals surface area contributed by atoms with Gasteiger partial charge in [-0.1, -0.05) is 58.0 Å². The SMILES string of the molecule is Cc1cccc(C(C)C)c1NS(=O)(=O)c1ccc(C(C)C)cc1. The van der Waals surface area contributed by atoms with Crippen molar-refractivity contribution in [3.8, 4) is 0 Å². The Morgan fingerprint density at radius 2 is 1.48 bits per heavy atom. The molecule has 0 atom stereocenters. The van der Waals surface area contributed by atoms with E-state index in [9.17, 15) is 8.42 Å². The average Bonchev–Trinajstić information content (AvgIpc) is 2.49. The largest absolute Gasteiger partial charge is 0.279 e. The molecule has 0 aliphatic heterocycles. The van der Waals surface area contributed by atoms with Gasteiger partial charge in [0.05, 0.1) is 10.6 Å². The summed E-state index contributed by atoms with van der Waals surface area (Å²) in [5.41, 5.74) is 3.75. The number of rotatable bonds is 5. The molecule has 0 bridgehead atoms. The molecule has 2 aromatic carbocycles. The number of hydrogen-bond acceptors (Lipinski definition) is 2. The van der Waals surface area contributed by atoms with Gasteiger partial charge in [-0.25, -0.2) is 8.42 Å². The highest BCUT2D eigenvalue weighted by molar-refractivity contribution is 7.92. The molecule has 1 N–H and O–H groups in total. The second-order valence-electron chi connectivity index (χ2n) is 6.52. The third-order valence-electron chi connectivity index (χ3n) is 4.02. The van der Waals surface area contributed by atoms with E-state index in [0.29, 0.717) is 16.5 Å². The van der Waals surface area contributed by atoms with Gasteiger partial charge in [0.2, 0.25) is 0 Å². The topological polar surface area (TPSA) is 46.2 Å². The summed E-state index contributed by atoms with van der Waals surface area (Å²) >= 11 is 0. The van der Waals surface area contributed by atoms with Gasteiger partial charge in [0.25, 0.3) is 10.0 Å². The van der Waals surface area contributed by atoms with Crippen LogP contribution in [0, 0.1) is 6.92 Å². The van der Waals surface area contributed by atoms with Crippen molar-refractivity contribution in [1.29, 1.82) is 0 Å². The van der Waals surface area contributed by atoms with Gasteiger partial charge >= 0.3 is 0 Å². The van der Waals surface area contributed by atoms with Crippen LogP contribution in [-0.4, -0.2) is 8.42 Å². The second kappa shape index (κ2) is 6.75. The molecule has 0 unspecified atom stereocenters. The lowest BCUT2D eigenvalue weighted by atomic mass is 9.99. The molecule has 0 aliphatic carbocycles. The third-order valence-corrected chi connectivity index (χ3v) is 5.39. The van der Waals surface area contributed by atoms with E-state index in [1.54, 1.807) is 12.1 Å². The molecule has 0 aromatic heterocycles. The molecule has 3 nitrogen and oxygen atoms in total. The summed E-state index contributed by atoms with van der Waals surface area (Å²) in [5, 5.41) is 0. The normalized spacial score (nSPS) is 12.0. The number of benzene rings is 2. The standard InChI is InChI=1S/C19H25NO2S/c1-13(2)16-9-11-17(12-10-16)23(21,22)20-19-15(5)7-6-8-18(19)14(3)4/h6-14,20H,1-5H3. The Morgan fingerprint density at radius 3 is 2.00 bits per heavy atom. The molecule has 0 spiro atoms.